The van der Waals surface area contributed by atoms with Gasteiger partial charge >= 0.3 is 0 Å². The zero-order valence-electron chi connectivity index (χ0n) is 17.1. The average molecular weight is 407 g/mol. The number of hydrogen-bond acceptors (Lipinski definition) is 2. The molecule has 0 unspecified atom stereocenters. The maximum atomic E-state index is 13.4. The van der Waals surface area contributed by atoms with E-state index in [0.717, 1.165) is 40.6 Å². The molecule has 0 saturated carbocycles. The summed E-state index contributed by atoms with van der Waals surface area (Å²) in [4.78, 5) is 29.3. The van der Waals surface area contributed by atoms with E-state index in [1.807, 2.05) is 29.2 Å². The molecule has 0 bridgehead atoms. The number of likely N-dealkylation sites (tertiary alicyclic amines) is 1. The van der Waals surface area contributed by atoms with Gasteiger partial charge in [0.05, 0.1) is 0 Å². The zero-order chi connectivity index (χ0) is 21.1. The van der Waals surface area contributed by atoms with Crippen LogP contribution in [-0.2, 0) is 16.0 Å². The van der Waals surface area contributed by atoms with Gasteiger partial charge in [0.2, 0.25) is 11.8 Å². The van der Waals surface area contributed by atoms with Crippen LogP contribution in [0.5, 0.6) is 0 Å². The van der Waals surface area contributed by atoms with Gasteiger partial charge in [-0.25, -0.2) is 4.39 Å². The highest BCUT2D eigenvalue weighted by Crippen LogP contribution is 2.31. The predicted molar refractivity (Wildman–Crippen MR) is 115 cm³/mol. The molecule has 30 heavy (non-hydrogen) atoms. The summed E-state index contributed by atoms with van der Waals surface area (Å²) >= 11 is 0. The van der Waals surface area contributed by atoms with Gasteiger partial charge in [-0.2, -0.15) is 0 Å². The first-order valence-electron chi connectivity index (χ1n) is 10.4. The average Bonchev–Trinajstić information content (AvgIpc) is 3.12. The number of aromatic amines is 1. The Balaban J connectivity index is 1.46. The van der Waals surface area contributed by atoms with Gasteiger partial charge in [-0.1, -0.05) is 18.2 Å². The van der Waals surface area contributed by atoms with Crippen LogP contribution in [0.15, 0.2) is 48.5 Å². The van der Waals surface area contributed by atoms with Gasteiger partial charge in [0.1, 0.15) is 5.82 Å². The number of H-pyrrole nitrogens is 1. The van der Waals surface area contributed by atoms with Crippen molar-refractivity contribution in [3.05, 3.63) is 59.9 Å². The first kappa shape index (κ1) is 20.1. The molecular weight excluding hydrogens is 381 g/mol. The van der Waals surface area contributed by atoms with Crippen molar-refractivity contribution in [2.45, 2.75) is 38.6 Å². The number of piperidine rings is 1. The van der Waals surface area contributed by atoms with Crippen LogP contribution in [0.3, 0.4) is 0 Å². The molecule has 6 heteroatoms. The molecule has 2 amide bonds. The highest BCUT2D eigenvalue weighted by Gasteiger charge is 2.22. The predicted octanol–water partition coefficient (Wildman–Crippen LogP) is 4.03. The van der Waals surface area contributed by atoms with E-state index in [1.165, 1.54) is 12.1 Å². The lowest BCUT2D eigenvalue weighted by Gasteiger charge is -2.31. The summed E-state index contributed by atoms with van der Waals surface area (Å²) in [6.07, 6.45) is 2.55. The molecule has 0 radical (unpaired) electrons. The van der Waals surface area contributed by atoms with Crippen molar-refractivity contribution in [2.75, 3.05) is 13.1 Å². The van der Waals surface area contributed by atoms with Gasteiger partial charge in [-0.15, -0.1) is 0 Å². The quantitative estimate of drug-likeness (QED) is 0.671. The third-order valence-electron chi connectivity index (χ3n) is 5.85. The standard InChI is InChI=1S/C24H26FN3O2/c1-16(29)28-14-12-19(13-15-28)26-23(30)11-10-21-20-4-2-3-5-22(20)27-24(21)17-6-8-18(25)9-7-17/h2-9,19,27H,10-15H2,1H3,(H,26,30). The second kappa shape index (κ2) is 8.69. The molecule has 1 fully saturated rings. The smallest absolute Gasteiger partial charge is 0.220 e. The number of rotatable bonds is 5. The van der Waals surface area contributed by atoms with Crippen molar-refractivity contribution in [2.24, 2.45) is 0 Å². The van der Waals surface area contributed by atoms with Crippen molar-refractivity contribution < 1.29 is 14.0 Å². The number of halogens is 1. The highest BCUT2D eigenvalue weighted by atomic mass is 19.1. The SMILES string of the molecule is CC(=O)N1CCC(NC(=O)CCc2c(-c3ccc(F)cc3)[nH]c3ccccc23)CC1. The van der Waals surface area contributed by atoms with E-state index in [0.29, 0.717) is 25.9 Å². The number of para-hydroxylation sites is 1. The minimum Gasteiger partial charge on any atom is -0.354 e. The number of aromatic nitrogens is 1. The zero-order valence-corrected chi connectivity index (χ0v) is 17.1. The Labute approximate surface area is 175 Å². The van der Waals surface area contributed by atoms with Gasteiger partial charge in [0, 0.05) is 49.1 Å². The molecule has 1 saturated heterocycles. The Morgan fingerprint density at radius 3 is 2.50 bits per heavy atom. The fourth-order valence-corrected chi connectivity index (χ4v) is 4.20. The Hall–Kier alpha value is -3.15. The van der Waals surface area contributed by atoms with E-state index < -0.39 is 0 Å². The molecule has 2 heterocycles. The number of carbonyl (C=O) groups is 2. The fraction of sp³-hybridized carbons (Fsp3) is 0.333. The largest absolute Gasteiger partial charge is 0.354 e. The molecule has 4 rings (SSSR count). The summed E-state index contributed by atoms with van der Waals surface area (Å²) in [7, 11) is 0. The van der Waals surface area contributed by atoms with Gasteiger partial charge < -0.3 is 15.2 Å². The number of aryl methyl sites for hydroxylation is 1. The van der Waals surface area contributed by atoms with Gasteiger partial charge in [-0.3, -0.25) is 9.59 Å². The van der Waals surface area contributed by atoms with Gasteiger partial charge in [0.25, 0.3) is 0 Å². The number of benzene rings is 2. The first-order chi connectivity index (χ1) is 14.5. The number of carbonyl (C=O) groups excluding carboxylic acids is 2. The molecular formula is C24H26FN3O2. The maximum absolute atomic E-state index is 13.4. The molecule has 0 atom stereocenters. The lowest BCUT2D eigenvalue weighted by Crippen LogP contribution is -2.46. The summed E-state index contributed by atoms with van der Waals surface area (Å²) < 4.78 is 13.4. The number of nitrogens with one attached hydrogen (secondary N) is 2. The Morgan fingerprint density at radius 2 is 1.80 bits per heavy atom. The number of nitrogens with zero attached hydrogens (tertiary/aromatic N) is 1. The van der Waals surface area contributed by atoms with Crippen LogP contribution in [0, 0.1) is 5.82 Å². The van der Waals surface area contributed by atoms with Crippen molar-refractivity contribution in [3.63, 3.8) is 0 Å². The van der Waals surface area contributed by atoms with Crippen molar-refractivity contribution in [1.82, 2.24) is 15.2 Å². The van der Waals surface area contributed by atoms with Gasteiger partial charge in [0.15, 0.2) is 0 Å². The topological polar surface area (TPSA) is 65.2 Å². The molecule has 1 aromatic heterocycles. The van der Waals surface area contributed by atoms with Gasteiger partial charge in [-0.05, 0) is 60.7 Å². The van der Waals surface area contributed by atoms with Crippen molar-refractivity contribution >= 4 is 22.7 Å². The second-order valence-electron chi connectivity index (χ2n) is 7.88. The maximum Gasteiger partial charge on any atom is 0.220 e. The summed E-state index contributed by atoms with van der Waals surface area (Å²) in [5.74, 6) is -0.161. The molecule has 2 N–H and O–H groups in total. The normalized spacial score (nSPS) is 14.8. The van der Waals surface area contributed by atoms with Crippen LogP contribution in [0.25, 0.3) is 22.2 Å². The molecule has 1 aliphatic rings. The van der Waals surface area contributed by atoms with Crippen LogP contribution in [0.1, 0.15) is 31.7 Å². The number of fused-ring (bicyclic) bond motifs is 1. The summed E-state index contributed by atoms with van der Waals surface area (Å²) in [5, 5.41) is 4.20. The van der Waals surface area contributed by atoms with Crippen molar-refractivity contribution in [1.29, 1.82) is 0 Å². The minimum absolute atomic E-state index is 0.0200. The fourth-order valence-electron chi connectivity index (χ4n) is 4.20. The first-order valence-corrected chi connectivity index (χ1v) is 10.4. The molecule has 0 aliphatic carbocycles. The molecule has 0 spiro atoms. The lowest BCUT2D eigenvalue weighted by molar-refractivity contribution is -0.130. The highest BCUT2D eigenvalue weighted by molar-refractivity contribution is 5.91. The van der Waals surface area contributed by atoms with E-state index in [2.05, 4.69) is 10.3 Å². The van der Waals surface area contributed by atoms with E-state index in [9.17, 15) is 14.0 Å². The minimum atomic E-state index is -0.272. The molecule has 3 aromatic rings. The van der Waals surface area contributed by atoms with Crippen LogP contribution >= 0.6 is 0 Å². The van der Waals surface area contributed by atoms with E-state index >= 15 is 0 Å². The van der Waals surface area contributed by atoms with Crippen molar-refractivity contribution in [3.8, 4) is 11.3 Å². The monoisotopic (exact) mass is 407 g/mol. The molecule has 1 aliphatic heterocycles. The Morgan fingerprint density at radius 1 is 1.10 bits per heavy atom. The second-order valence-corrected chi connectivity index (χ2v) is 7.88. The molecule has 2 aromatic carbocycles. The number of hydrogen-bond donors (Lipinski definition) is 2. The Kier molecular flexibility index (Phi) is 5.84. The lowest BCUT2D eigenvalue weighted by atomic mass is 10.00. The summed E-state index contributed by atoms with van der Waals surface area (Å²) in [6, 6.07) is 14.5. The number of amides is 2. The summed E-state index contributed by atoms with van der Waals surface area (Å²) in [6.45, 7) is 2.97. The van der Waals surface area contributed by atoms with E-state index in [4.69, 9.17) is 0 Å². The molecule has 5 nitrogen and oxygen atoms in total. The van der Waals surface area contributed by atoms with E-state index in [-0.39, 0.29) is 23.7 Å². The molecule has 156 valence electrons. The van der Waals surface area contributed by atoms with Crippen LogP contribution in [0.2, 0.25) is 0 Å². The van der Waals surface area contributed by atoms with Crippen LogP contribution in [0.4, 0.5) is 4.39 Å². The van der Waals surface area contributed by atoms with Crippen LogP contribution in [-0.4, -0.2) is 40.8 Å². The third kappa shape index (κ3) is 4.37. The summed E-state index contributed by atoms with van der Waals surface area (Å²) in [5.41, 5.74) is 3.90. The van der Waals surface area contributed by atoms with E-state index in [1.54, 1.807) is 19.1 Å². The third-order valence-corrected chi connectivity index (χ3v) is 5.85. The Bertz CT molecular complexity index is 1050. The van der Waals surface area contributed by atoms with Crippen LogP contribution < -0.4 is 5.32 Å².